The highest BCUT2D eigenvalue weighted by molar-refractivity contribution is 6.31. The van der Waals surface area contributed by atoms with Gasteiger partial charge in [0.2, 0.25) is 0 Å². The SMILES string of the molecule is CC(C)(C)CCc1ccc(C23CCC(C(F)(F)F)CC2=CN(C24CC2=CC(C(=O)O)C4)C(=O)N3)cc1Cl. The lowest BCUT2D eigenvalue weighted by Gasteiger charge is -2.49. The van der Waals surface area contributed by atoms with Crippen molar-refractivity contribution in [3.8, 4) is 0 Å². The number of fused-ring (bicyclic) bond motifs is 2. The van der Waals surface area contributed by atoms with E-state index in [4.69, 9.17) is 11.6 Å². The largest absolute Gasteiger partial charge is 0.481 e. The molecule has 200 valence electrons. The van der Waals surface area contributed by atoms with Crippen LogP contribution in [0.1, 0.15) is 70.4 Å². The molecule has 0 spiro atoms. The van der Waals surface area contributed by atoms with Crippen LogP contribution in [-0.2, 0) is 16.8 Å². The number of carbonyl (C=O) groups excluding carboxylic acids is 1. The first kappa shape index (κ1) is 26.1. The van der Waals surface area contributed by atoms with E-state index >= 15 is 0 Å². The molecular formula is C28H32ClF3N2O3. The second-order valence-electron chi connectivity index (χ2n) is 12.3. The van der Waals surface area contributed by atoms with E-state index in [2.05, 4.69) is 26.1 Å². The Morgan fingerprint density at radius 1 is 1.24 bits per heavy atom. The van der Waals surface area contributed by atoms with Crippen LogP contribution in [0.2, 0.25) is 5.02 Å². The van der Waals surface area contributed by atoms with E-state index < -0.39 is 41.1 Å². The molecule has 5 rings (SSSR count). The number of benzene rings is 1. The Balaban J connectivity index is 1.51. The Morgan fingerprint density at radius 2 is 1.97 bits per heavy atom. The zero-order valence-corrected chi connectivity index (χ0v) is 22.0. The second-order valence-corrected chi connectivity index (χ2v) is 12.7. The number of hydrogen-bond donors (Lipinski definition) is 2. The summed E-state index contributed by atoms with van der Waals surface area (Å²) in [5.74, 6) is -3.17. The summed E-state index contributed by atoms with van der Waals surface area (Å²) in [5, 5.41) is 13.0. The van der Waals surface area contributed by atoms with Gasteiger partial charge in [-0.1, -0.05) is 50.6 Å². The third-order valence-corrected chi connectivity index (χ3v) is 8.91. The number of nitrogens with zero attached hydrogens (tertiary/aromatic N) is 1. The van der Waals surface area contributed by atoms with E-state index in [1.807, 2.05) is 12.1 Å². The molecule has 4 unspecified atom stereocenters. The number of carboxylic acids is 1. The van der Waals surface area contributed by atoms with Crippen LogP contribution in [0.5, 0.6) is 0 Å². The first-order valence-corrected chi connectivity index (χ1v) is 13.1. The molecule has 1 aromatic rings. The lowest BCUT2D eigenvalue weighted by Crippen LogP contribution is -2.60. The number of urea groups is 1. The van der Waals surface area contributed by atoms with Crippen LogP contribution in [-0.4, -0.2) is 33.7 Å². The minimum atomic E-state index is -4.35. The van der Waals surface area contributed by atoms with Gasteiger partial charge < -0.3 is 10.4 Å². The van der Waals surface area contributed by atoms with Gasteiger partial charge in [0.1, 0.15) is 0 Å². The van der Waals surface area contributed by atoms with E-state index in [1.54, 1.807) is 18.3 Å². The molecule has 4 atom stereocenters. The fourth-order valence-electron chi connectivity index (χ4n) is 6.23. The van der Waals surface area contributed by atoms with Crippen molar-refractivity contribution in [3.63, 3.8) is 0 Å². The molecule has 1 aromatic carbocycles. The lowest BCUT2D eigenvalue weighted by molar-refractivity contribution is -0.180. The van der Waals surface area contributed by atoms with Gasteiger partial charge in [-0.2, -0.15) is 13.2 Å². The number of aliphatic carboxylic acids is 1. The Morgan fingerprint density at radius 3 is 2.57 bits per heavy atom. The van der Waals surface area contributed by atoms with Crippen molar-refractivity contribution in [1.29, 1.82) is 0 Å². The molecule has 3 aliphatic carbocycles. The van der Waals surface area contributed by atoms with E-state index in [-0.39, 0.29) is 31.1 Å². The molecule has 4 aliphatic rings. The molecule has 0 aromatic heterocycles. The van der Waals surface area contributed by atoms with Crippen molar-refractivity contribution in [3.05, 3.63) is 57.8 Å². The molecule has 0 bridgehead atoms. The third kappa shape index (κ3) is 4.55. The number of nitrogens with one attached hydrogen (secondary N) is 1. The van der Waals surface area contributed by atoms with Crippen molar-refractivity contribution >= 4 is 23.6 Å². The average molecular weight is 537 g/mol. The van der Waals surface area contributed by atoms with Crippen molar-refractivity contribution in [2.45, 2.75) is 83.0 Å². The number of halogens is 4. The van der Waals surface area contributed by atoms with Gasteiger partial charge in [-0.25, -0.2) is 4.79 Å². The maximum Gasteiger partial charge on any atom is 0.392 e. The van der Waals surface area contributed by atoms with Gasteiger partial charge in [0.15, 0.2) is 0 Å². The Labute approximate surface area is 219 Å². The van der Waals surface area contributed by atoms with Crippen molar-refractivity contribution in [1.82, 2.24) is 10.2 Å². The summed E-state index contributed by atoms with van der Waals surface area (Å²) in [4.78, 5) is 26.5. The molecular weight excluding hydrogens is 505 g/mol. The molecule has 5 nitrogen and oxygen atoms in total. The molecule has 2 fully saturated rings. The van der Waals surface area contributed by atoms with Gasteiger partial charge in [-0.3, -0.25) is 9.69 Å². The molecule has 37 heavy (non-hydrogen) atoms. The summed E-state index contributed by atoms with van der Waals surface area (Å²) in [7, 11) is 0. The van der Waals surface area contributed by atoms with E-state index in [0.29, 0.717) is 22.6 Å². The molecule has 9 heteroatoms. The first-order chi connectivity index (χ1) is 17.1. The van der Waals surface area contributed by atoms with Crippen molar-refractivity contribution in [2.24, 2.45) is 17.3 Å². The maximum absolute atomic E-state index is 13.8. The highest BCUT2D eigenvalue weighted by atomic mass is 35.5. The van der Waals surface area contributed by atoms with Crippen LogP contribution >= 0.6 is 11.6 Å². The van der Waals surface area contributed by atoms with Crippen molar-refractivity contribution < 1.29 is 27.9 Å². The Hall–Kier alpha value is -2.48. The second kappa shape index (κ2) is 8.52. The van der Waals surface area contributed by atoms with Crippen LogP contribution in [0.3, 0.4) is 0 Å². The topological polar surface area (TPSA) is 69.6 Å². The maximum atomic E-state index is 13.8. The monoisotopic (exact) mass is 536 g/mol. The van der Waals surface area contributed by atoms with Gasteiger partial charge in [0.25, 0.3) is 0 Å². The van der Waals surface area contributed by atoms with E-state index in [1.165, 1.54) is 4.90 Å². The van der Waals surface area contributed by atoms with Crippen LogP contribution < -0.4 is 5.32 Å². The minimum absolute atomic E-state index is 0.105. The predicted molar refractivity (Wildman–Crippen MR) is 134 cm³/mol. The van der Waals surface area contributed by atoms with Crippen LogP contribution in [0.4, 0.5) is 18.0 Å². The average Bonchev–Trinajstić information content (AvgIpc) is 3.36. The highest BCUT2D eigenvalue weighted by Gasteiger charge is 2.62. The quantitative estimate of drug-likeness (QED) is 0.400. The number of aryl methyl sites for hydroxylation is 1. The molecule has 2 amide bonds. The standard InChI is InChI=1S/C28H32ClF3N2O3/c1-25(2,3)8-6-16-4-5-18(12-22(16)29)27-9-7-19(28(30,31)32)11-21(27)15-34(24(37)33-27)26-13-17(23(35)36)10-20(26)14-26/h4-5,10,12,15,17,19H,6-9,11,13-14H2,1-3H3,(H,33,37)(H,35,36). The zero-order chi connectivity index (χ0) is 27.0. The lowest BCUT2D eigenvalue weighted by atomic mass is 9.68. The summed E-state index contributed by atoms with van der Waals surface area (Å²) in [6.45, 7) is 6.45. The van der Waals surface area contributed by atoms with Crippen LogP contribution in [0.25, 0.3) is 0 Å². The van der Waals surface area contributed by atoms with Crippen molar-refractivity contribution in [2.75, 3.05) is 0 Å². The number of amides is 2. The molecule has 2 saturated carbocycles. The summed E-state index contributed by atoms with van der Waals surface area (Å²) in [5.41, 5.74) is 1.27. The predicted octanol–water partition coefficient (Wildman–Crippen LogP) is 6.96. The van der Waals surface area contributed by atoms with Gasteiger partial charge in [-0.15, -0.1) is 0 Å². The zero-order valence-electron chi connectivity index (χ0n) is 21.2. The summed E-state index contributed by atoms with van der Waals surface area (Å²) in [6, 6.07) is 5.15. The highest BCUT2D eigenvalue weighted by Crippen LogP contribution is 2.60. The molecule has 0 saturated heterocycles. The fourth-order valence-corrected chi connectivity index (χ4v) is 6.51. The molecule has 1 heterocycles. The van der Waals surface area contributed by atoms with E-state index in [0.717, 1.165) is 24.0 Å². The van der Waals surface area contributed by atoms with Gasteiger partial charge in [0, 0.05) is 11.2 Å². The Bertz CT molecular complexity index is 1220. The number of carboxylic acid groups (broad SMARTS) is 1. The molecule has 2 N–H and O–H groups in total. The smallest absolute Gasteiger partial charge is 0.392 e. The summed E-state index contributed by atoms with van der Waals surface area (Å²) >= 11 is 6.66. The van der Waals surface area contributed by atoms with Gasteiger partial charge in [-0.05, 0) is 78.7 Å². The molecule has 0 radical (unpaired) electrons. The summed E-state index contributed by atoms with van der Waals surface area (Å²) < 4.78 is 41.4. The van der Waals surface area contributed by atoms with Crippen LogP contribution in [0, 0.1) is 17.3 Å². The summed E-state index contributed by atoms with van der Waals surface area (Å²) in [6.07, 6.45) is 1.13. The third-order valence-electron chi connectivity index (χ3n) is 8.55. The number of hydrogen-bond acceptors (Lipinski definition) is 2. The van der Waals surface area contributed by atoms with Gasteiger partial charge >= 0.3 is 18.2 Å². The molecule has 1 aliphatic heterocycles. The fraction of sp³-hybridized carbons (Fsp3) is 0.571. The number of alkyl halides is 3. The van der Waals surface area contributed by atoms with E-state index in [9.17, 15) is 27.9 Å². The minimum Gasteiger partial charge on any atom is -0.481 e. The number of carbonyl (C=O) groups is 2. The Kier molecular flexibility index (Phi) is 6.02. The van der Waals surface area contributed by atoms with Gasteiger partial charge in [0.05, 0.1) is 22.9 Å². The number of rotatable bonds is 5. The first-order valence-electron chi connectivity index (χ1n) is 12.8. The van der Waals surface area contributed by atoms with Crippen LogP contribution in [0.15, 0.2) is 41.6 Å². The normalized spacial score (nSPS) is 31.2.